The molecule has 1 aliphatic heterocycles. The lowest BCUT2D eigenvalue weighted by molar-refractivity contribution is 0.112. The number of carbonyl (C=O) groups excluding carboxylic acids is 1. The fourth-order valence-corrected chi connectivity index (χ4v) is 4.64. The Bertz CT molecular complexity index is 1400. The Kier molecular flexibility index (Phi) is 6.69. The first-order chi connectivity index (χ1) is 17.6. The molecule has 36 heavy (non-hydrogen) atoms. The molecule has 8 nitrogen and oxygen atoms in total. The molecule has 0 unspecified atom stereocenters. The number of anilines is 1. The molecule has 186 valence electrons. The number of aromatic nitrogens is 4. The minimum Gasteiger partial charge on any atom is -0.356 e. The number of aldehydes is 1. The third-order valence-corrected chi connectivity index (χ3v) is 6.66. The Morgan fingerprint density at radius 1 is 1.03 bits per heavy atom. The summed E-state index contributed by atoms with van der Waals surface area (Å²) in [5.74, 6) is 1.67. The summed E-state index contributed by atoms with van der Waals surface area (Å²) in [6, 6.07) is 6.94. The lowest BCUT2D eigenvalue weighted by Gasteiger charge is -2.32. The number of benzene rings is 2. The fourth-order valence-electron chi connectivity index (χ4n) is 4.64. The van der Waals surface area contributed by atoms with Crippen LogP contribution in [0.15, 0.2) is 41.2 Å². The van der Waals surface area contributed by atoms with Crippen LogP contribution in [0.2, 0.25) is 0 Å². The Morgan fingerprint density at radius 2 is 1.81 bits per heavy atom. The standard InChI is InChI=1S/C25H21F2N5O2.CH5N/c26-18-10-19(16-3-4-17(12-33)21(27)9-16)22-20(11-18)24(29-13-28-22)32-7-5-15(6-8-32)25-30-23(31-34-25)14-1-2-14;1-2/h3-4,9-15H,1-2,5-8H2;2H2,1H3. The molecule has 0 radical (unpaired) electrons. The first kappa shape index (κ1) is 23.9. The fraction of sp³-hybridized carbons (Fsp3) is 0.346. The topological polar surface area (TPSA) is 111 Å². The maximum atomic E-state index is 14.7. The molecule has 2 N–H and O–H groups in total. The molecule has 2 aromatic heterocycles. The number of nitrogens with zero attached hydrogens (tertiary/aromatic N) is 5. The number of rotatable bonds is 5. The van der Waals surface area contributed by atoms with Crippen molar-refractivity contribution in [2.75, 3.05) is 25.0 Å². The molecule has 2 aromatic carbocycles. The molecule has 0 atom stereocenters. The molecule has 6 rings (SSSR count). The van der Waals surface area contributed by atoms with Crippen LogP contribution in [-0.2, 0) is 0 Å². The summed E-state index contributed by atoms with van der Waals surface area (Å²) in [7, 11) is 1.50. The van der Waals surface area contributed by atoms with E-state index in [2.05, 4.69) is 30.7 Å². The van der Waals surface area contributed by atoms with Crippen LogP contribution >= 0.6 is 0 Å². The van der Waals surface area contributed by atoms with Gasteiger partial charge in [-0.2, -0.15) is 4.98 Å². The maximum Gasteiger partial charge on any atom is 0.229 e. The van der Waals surface area contributed by atoms with Gasteiger partial charge in [-0.05, 0) is 62.6 Å². The van der Waals surface area contributed by atoms with Gasteiger partial charge in [-0.15, -0.1) is 0 Å². The van der Waals surface area contributed by atoms with Gasteiger partial charge < -0.3 is 15.2 Å². The van der Waals surface area contributed by atoms with E-state index >= 15 is 0 Å². The molecular weight excluding hydrogens is 466 g/mol. The Labute approximate surface area is 206 Å². The van der Waals surface area contributed by atoms with E-state index in [0.717, 1.165) is 31.5 Å². The van der Waals surface area contributed by atoms with E-state index in [1.807, 2.05) is 0 Å². The zero-order chi connectivity index (χ0) is 25.2. The maximum absolute atomic E-state index is 14.7. The number of hydrogen-bond acceptors (Lipinski definition) is 8. The number of nitrogens with two attached hydrogens (primary N) is 1. The highest BCUT2D eigenvalue weighted by molar-refractivity contribution is 5.99. The van der Waals surface area contributed by atoms with Gasteiger partial charge in [0.25, 0.3) is 0 Å². The van der Waals surface area contributed by atoms with Crippen LogP contribution in [0.4, 0.5) is 14.6 Å². The van der Waals surface area contributed by atoms with E-state index in [0.29, 0.717) is 59.0 Å². The van der Waals surface area contributed by atoms with E-state index in [-0.39, 0.29) is 11.5 Å². The second-order valence-electron chi connectivity index (χ2n) is 8.93. The van der Waals surface area contributed by atoms with Crippen LogP contribution in [0.3, 0.4) is 0 Å². The van der Waals surface area contributed by atoms with Crippen LogP contribution in [0.1, 0.15) is 59.6 Å². The molecule has 10 heteroatoms. The lowest BCUT2D eigenvalue weighted by atomic mass is 9.96. The zero-order valence-corrected chi connectivity index (χ0v) is 19.8. The third-order valence-electron chi connectivity index (χ3n) is 6.66. The van der Waals surface area contributed by atoms with Crippen molar-refractivity contribution < 1.29 is 18.1 Å². The number of carbonyl (C=O) groups is 1. The van der Waals surface area contributed by atoms with Gasteiger partial charge in [0.15, 0.2) is 12.1 Å². The van der Waals surface area contributed by atoms with Gasteiger partial charge in [0.2, 0.25) is 5.89 Å². The smallest absolute Gasteiger partial charge is 0.229 e. The van der Waals surface area contributed by atoms with Crippen molar-refractivity contribution in [3.8, 4) is 11.1 Å². The average molecular weight is 493 g/mol. The molecule has 0 bridgehead atoms. The van der Waals surface area contributed by atoms with E-state index in [4.69, 9.17) is 4.52 Å². The van der Waals surface area contributed by atoms with Crippen LogP contribution in [-0.4, -0.2) is 46.5 Å². The van der Waals surface area contributed by atoms with Gasteiger partial charge in [0.1, 0.15) is 23.8 Å². The van der Waals surface area contributed by atoms with Crippen molar-refractivity contribution in [1.82, 2.24) is 20.1 Å². The van der Waals surface area contributed by atoms with Gasteiger partial charge in [0.05, 0.1) is 11.1 Å². The van der Waals surface area contributed by atoms with E-state index in [9.17, 15) is 13.6 Å². The molecule has 1 saturated carbocycles. The van der Waals surface area contributed by atoms with Gasteiger partial charge in [0, 0.05) is 35.9 Å². The van der Waals surface area contributed by atoms with Crippen molar-refractivity contribution in [3.63, 3.8) is 0 Å². The summed E-state index contributed by atoms with van der Waals surface area (Å²) in [6.45, 7) is 1.40. The van der Waals surface area contributed by atoms with Gasteiger partial charge in [-0.3, -0.25) is 4.79 Å². The lowest BCUT2D eigenvalue weighted by Crippen LogP contribution is -2.33. The van der Waals surface area contributed by atoms with Crippen LogP contribution in [0.5, 0.6) is 0 Å². The normalized spacial score (nSPS) is 16.1. The summed E-state index contributed by atoms with van der Waals surface area (Å²) >= 11 is 0. The number of piperidine rings is 1. The summed E-state index contributed by atoms with van der Waals surface area (Å²) < 4.78 is 34.4. The van der Waals surface area contributed by atoms with E-state index in [1.54, 1.807) is 6.07 Å². The van der Waals surface area contributed by atoms with E-state index in [1.165, 1.54) is 37.6 Å². The molecule has 0 amide bonds. The highest BCUT2D eigenvalue weighted by Gasteiger charge is 2.32. The van der Waals surface area contributed by atoms with Crippen LogP contribution < -0.4 is 10.6 Å². The Balaban J connectivity index is 0.00000130. The molecule has 0 spiro atoms. The Hall–Kier alpha value is -3.79. The third kappa shape index (κ3) is 4.56. The quantitative estimate of drug-likeness (QED) is 0.402. The Morgan fingerprint density at radius 3 is 2.50 bits per heavy atom. The van der Waals surface area contributed by atoms with Crippen molar-refractivity contribution in [1.29, 1.82) is 0 Å². The van der Waals surface area contributed by atoms with Crippen molar-refractivity contribution >= 4 is 23.0 Å². The molecule has 4 aromatic rings. The van der Waals surface area contributed by atoms with Gasteiger partial charge in [-0.1, -0.05) is 11.2 Å². The SMILES string of the molecule is CN.O=Cc1ccc(-c2cc(F)cc3c(N4CCC(c5nc(C6CC6)no5)CC4)ncnc23)cc1F. The van der Waals surface area contributed by atoms with Crippen molar-refractivity contribution in [2.24, 2.45) is 5.73 Å². The molecule has 1 saturated heterocycles. The number of hydrogen-bond donors (Lipinski definition) is 1. The van der Waals surface area contributed by atoms with Crippen LogP contribution in [0.25, 0.3) is 22.0 Å². The minimum atomic E-state index is -0.660. The van der Waals surface area contributed by atoms with Crippen molar-refractivity contribution in [2.45, 2.75) is 37.5 Å². The highest BCUT2D eigenvalue weighted by atomic mass is 19.1. The minimum absolute atomic E-state index is 0.0480. The second kappa shape index (κ2) is 10.1. The summed E-state index contributed by atoms with van der Waals surface area (Å²) in [5.41, 5.74) is 5.87. The molecule has 2 fully saturated rings. The van der Waals surface area contributed by atoms with Crippen LogP contribution in [0, 0.1) is 11.6 Å². The first-order valence-electron chi connectivity index (χ1n) is 12.0. The summed E-state index contributed by atoms with van der Waals surface area (Å²) in [5, 5.41) is 4.69. The highest BCUT2D eigenvalue weighted by Crippen LogP contribution is 2.40. The predicted molar refractivity (Wildman–Crippen MR) is 131 cm³/mol. The van der Waals surface area contributed by atoms with Gasteiger partial charge >= 0.3 is 0 Å². The van der Waals surface area contributed by atoms with E-state index < -0.39 is 11.6 Å². The molecule has 1 aliphatic carbocycles. The molecule has 3 heterocycles. The molecular formula is C26H26F2N6O2. The zero-order valence-electron chi connectivity index (χ0n) is 19.8. The number of fused-ring (bicyclic) bond motifs is 1. The summed E-state index contributed by atoms with van der Waals surface area (Å²) in [6.07, 6.45) is 5.79. The second-order valence-corrected chi connectivity index (χ2v) is 8.93. The largest absolute Gasteiger partial charge is 0.356 e. The number of halogens is 2. The first-order valence-corrected chi connectivity index (χ1v) is 12.0. The van der Waals surface area contributed by atoms with Crippen molar-refractivity contribution in [3.05, 3.63) is 65.6 Å². The van der Waals surface area contributed by atoms with Gasteiger partial charge in [-0.25, -0.2) is 18.7 Å². The average Bonchev–Trinajstić information content (AvgIpc) is 3.65. The summed E-state index contributed by atoms with van der Waals surface area (Å²) in [4.78, 5) is 26.5. The monoisotopic (exact) mass is 492 g/mol. The predicted octanol–water partition coefficient (Wildman–Crippen LogP) is 4.61. The molecule has 2 aliphatic rings.